The average Bonchev–Trinajstić information content (AvgIpc) is 2.29. The van der Waals surface area contributed by atoms with Crippen LogP contribution in [0.2, 0.25) is 0 Å². The Bertz CT molecular complexity index is 199. The van der Waals surface area contributed by atoms with Crippen LogP contribution in [0.1, 0.15) is 0 Å². The summed E-state index contributed by atoms with van der Waals surface area (Å²) in [5.41, 5.74) is 0. The Hall–Kier alpha value is 0.680. The van der Waals surface area contributed by atoms with Crippen molar-refractivity contribution in [3.63, 3.8) is 0 Å². The van der Waals surface area contributed by atoms with Gasteiger partial charge in [0.15, 0.2) is 0 Å². The summed E-state index contributed by atoms with van der Waals surface area (Å²) >= 11 is 10.9. The molecule has 0 amide bonds. The predicted octanol–water partition coefficient (Wildman–Crippen LogP) is 3.22. The summed E-state index contributed by atoms with van der Waals surface area (Å²) in [7, 11) is 0. The van der Waals surface area contributed by atoms with Crippen LogP contribution in [0.3, 0.4) is 0 Å². The minimum atomic E-state index is -4.51. The molecule has 0 atom stereocenters. The molecule has 1 rings (SSSR count). The summed E-state index contributed by atoms with van der Waals surface area (Å²) in [4.78, 5) is 0. The van der Waals surface area contributed by atoms with E-state index >= 15 is 0 Å². The van der Waals surface area contributed by atoms with Gasteiger partial charge in [0.2, 0.25) is 0 Å². The van der Waals surface area contributed by atoms with Crippen molar-refractivity contribution in [3.05, 3.63) is 0 Å². The normalized spacial score (nSPS) is 29.5. The van der Waals surface area contributed by atoms with Gasteiger partial charge in [-0.25, -0.2) is 0 Å². The third-order valence-corrected chi connectivity index (χ3v) is 4.57. The van der Waals surface area contributed by atoms with E-state index in [1.165, 1.54) is 0 Å². The molecule has 0 spiro atoms. The number of alkyl halides is 3. The Balaban J connectivity index is 2.52. The van der Waals surface area contributed by atoms with Crippen molar-refractivity contribution < 1.29 is 26.7 Å². The van der Waals surface area contributed by atoms with Gasteiger partial charge in [-0.05, 0) is 0 Å². The van der Waals surface area contributed by atoms with Crippen molar-refractivity contribution in [1.29, 1.82) is 0 Å². The van der Waals surface area contributed by atoms with Gasteiger partial charge in [-0.3, -0.25) is 0 Å². The summed E-state index contributed by atoms with van der Waals surface area (Å²) in [5, 5.41) is 0. The second kappa shape index (κ2) is 3.36. The van der Waals surface area contributed by atoms with Crippen molar-refractivity contribution in [2.24, 2.45) is 0 Å². The van der Waals surface area contributed by atoms with Gasteiger partial charge < -0.3 is 0 Å². The van der Waals surface area contributed by atoms with E-state index in [-0.39, 0.29) is 13.2 Å². The summed E-state index contributed by atoms with van der Waals surface area (Å²) in [6, 6.07) is 0. The minimum absolute atomic E-state index is 0.0304. The summed E-state index contributed by atoms with van der Waals surface area (Å²) in [5.74, 6) is -4.44. The zero-order chi connectivity index (χ0) is 10.2. The fourth-order valence-electron chi connectivity index (χ4n) is 0.648. The van der Waals surface area contributed by atoms with Crippen LogP contribution in [0.5, 0.6) is 0 Å². The van der Waals surface area contributed by atoms with E-state index in [0.29, 0.717) is 0 Å². The summed E-state index contributed by atoms with van der Waals surface area (Å²) < 4.78 is 48.7. The topological polar surface area (TPSA) is 27.7 Å². The van der Waals surface area contributed by atoms with Crippen molar-refractivity contribution in [2.75, 3.05) is 19.8 Å². The van der Waals surface area contributed by atoms with Crippen LogP contribution in [0.4, 0.5) is 13.2 Å². The van der Waals surface area contributed by atoms with E-state index in [4.69, 9.17) is 22.5 Å². The van der Waals surface area contributed by atoms with Crippen molar-refractivity contribution in [3.8, 4) is 0 Å². The van der Waals surface area contributed by atoms with E-state index in [0.717, 1.165) is 0 Å². The molecular weight excluding hydrogens is 255 g/mol. The van der Waals surface area contributed by atoms with E-state index in [2.05, 4.69) is 13.6 Å². The van der Waals surface area contributed by atoms with Crippen LogP contribution in [0.25, 0.3) is 0 Å². The van der Waals surface area contributed by atoms with Crippen LogP contribution >= 0.6 is 28.5 Å². The SMILES string of the molecule is FC(F)(F)COP1(Cl)(Cl)OCCO1. The first-order valence-electron chi connectivity index (χ1n) is 3.17. The number of halogens is 5. The van der Waals surface area contributed by atoms with Gasteiger partial charge in [0, 0.05) is 0 Å². The Labute approximate surface area is 81.8 Å². The maximum atomic E-state index is 11.7. The van der Waals surface area contributed by atoms with Crippen molar-refractivity contribution in [2.45, 2.75) is 6.18 Å². The van der Waals surface area contributed by atoms with Crippen LogP contribution in [-0.2, 0) is 13.6 Å². The molecule has 1 saturated heterocycles. The third-order valence-electron chi connectivity index (χ3n) is 1.10. The van der Waals surface area contributed by atoms with E-state index in [9.17, 15) is 13.2 Å². The van der Waals surface area contributed by atoms with Gasteiger partial charge in [-0.1, -0.05) is 0 Å². The molecule has 0 aliphatic carbocycles. The molecule has 0 aromatic carbocycles. The van der Waals surface area contributed by atoms with Gasteiger partial charge in [0.25, 0.3) is 0 Å². The van der Waals surface area contributed by atoms with Gasteiger partial charge in [-0.2, -0.15) is 0 Å². The molecule has 1 aliphatic heterocycles. The van der Waals surface area contributed by atoms with E-state index in [1.54, 1.807) is 0 Å². The molecule has 0 radical (unpaired) electrons. The molecule has 3 nitrogen and oxygen atoms in total. The number of hydrogen-bond acceptors (Lipinski definition) is 3. The maximum absolute atomic E-state index is 11.7. The first-order valence-corrected chi connectivity index (χ1v) is 6.97. The summed E-state index contributed by atoms with van der Waals surface area (Å²) in [6.07, 6.45) is -4.51. The van der Waals surface area contributed by atoms with Gasteiger partial charge in [0.1, 0.15) is 0 Å². The Kier molecular flexibility index (Phi) is 3.04. The molecule has 0 unspecified atom stereocenters. The Morgan fingerprint density at radius 2 is 1.69 bits per heavy atom. The van der Waals surface area contributed by atoms with Gasteiger partial charge >= 0.3 is 81.2 Å². The molecule has 0 bridgehead atoms. The molecule has 0 aromatic rings. The van der Waals surface area contributed by atoms with Crippen LogP contribution in [-0.4, -0.2) is 26.0 Å². The van der Waals surface area contributed by atoms with Gasteiger partial charge in [0.05, 0.1) is 0 Å². The van der Waals surface area contributed by atoms with Crippen molar-refractivity contribution in [1.82, 2.24) is 0 Å². The molecule has 9 heteroatoms. The second-order valence-electron chi connectivity index (χ2n) is 2.26. The molecule has 80 valence electrons. The molecule has 1 aliphatic rings. The number of rotatable bonds is 2. The summed E-state index contributed by atoms with van der Waals surface area (Å²) in [6.45, 7) is -1.52. The fraction of sp³-hybridized carbons (Fsp3) is 1.00. The van der Waals surface area contributed by atoms with Crippen molar-refractivity contribution >= 4 is 28.5 Å². The van der Waals surface area contributed by atoms with E-state index in [1.807, 2.05) is 0 Å². The number of hydrogen-bond donors (Lipinski definition) is 0. The molecular formula is C4H6Cl2F3O3P. The molecule has 0 saturated carbocycles. The molecule has 0 aromatic heterocycles. The van der Waals surface area contributed by atoms with Gasteiger partial charge in [-0.15, -0.1) is 0 Å². The molecule has 1 fully saturated rings. The zero-order valence-corrected chi connectivity index (χ0v) is 8.59. The average molecular weight is 261 g/mol. The Morgan fingerprint density at radius 3 is 2.08 bits per heavy atom. The molecule has 1 heterocycles. The molecule has 0 N–H and O–H groups in total. The quantitative estimate of drug-likeness (QED) is 0.714. The molecule has 13 heavy (non-hydrogen) atoms. The van der Waals surface area contributed by atoms with Crippen LogP contribution in [0, 0.1) is 0 Å². The predicted molar refractivity (Wildman–Crippen MR) is 42.5 cm³/mol. The van der Waals surface area contributed by atoms with E-state index < -0.39 is 18.8 Å². The standard InChI is InChI=1S/C4H6Cl2F3O3P/c5-13(6,10-1-2-11-13)12-3-4(7,8)9/h1-3H2. The van der Waals surface area contributed by atoms with Crippen LogP contribution < -0.4 is 0 Å². The monoisotopic (exact) mass is 260 g/mol. The second-order valence-corrected chi connectivity index (χ2v) is 8.45. The first-order chi connectivity index (χ1) is 5.70. The zero-order valence-electron chi connectivity index (χ0n) is 6.18. The third kappa shape index (κ3) is 3.73. The fourth-order valence-corrected chi connectivity index (χ4v) is 3.07. The first kappa shape index (κ1) is 11.8. The Morgan fingerprint density at radius 1 is 1.23 bits per heavy atom. The van der Waals surface area contributed by atoms with Crippen LogP contribution in [0.15, 0.2) is 0 Å².